The highest BCUT2D eigenvalue weighted by Gasteiger charge is 2.12. The standard InChI is InChI=1S/C14H19N3O2S/c1-10(2)4-3-7-17-12-5-6-15-8-11(12)16-14(17)20-9-13(18)19/h5-6,8,10H,3-4,7,9H2,1-2H3,(H,18,19). The van der Waals surface area contributed by atoms with E-state index in [1.54, 1.807) is 12.4 Å². The van der Waals surface area contributed by atoms with Crippen molar-refractivity contribution in [3.05, 3.63) is 18.5 Å². The van der Waals surface area contributed by atoms with Gasteiger partial charge in [-0.2, -0.15) is 0 Å². The maximum Gasteiger partial charge on any atom is 0.313 e. The summed E-state index contributed by atoms with van der Waals surface area (Å²) in [4.78, 5) is 19.3. The molecule has 0 unspecified atom stereocenters. The van der Waals surface area contributed by atoms with Gasteiger partial charge in [0, 0.05) is 12.7 Å². The molecule has 2 rings (SSSR count). The van der Waals surface area contributed by atoms with Crippen molar-refractivity contribution in [1.82, 2.24) is 14.5 Å². The molecule has 0 fully saturated rings. The first-order chi connectivity index (χ1) is 9.58. The lowest BCUT2D eigenvalue weighted by atomic mass is 10.1. The minimum absolute atomic E-state index is 0.0287. The third-order valence-electron chi connectivity index (χ3n) is 3.00. The van der Waals surface area contributed by atoms with Crippen molar-refractivity contribution in [2.45, 2.75) is 38.4 Å². The number of aromatic nitrogens is 3. The summed E-state index contributed by atoms with van der Waals surface area (Å²) in [5.74, 6) is -0.128. The third kappa shape index (κ3) is 3.72. The number of nitrogens with zero attached hydrogens (tertiary/aromatic N) is 3. The molecule has 20 heavy (non-hydrogen) atoms. The van der Waals surface area contributed by atoms with Gasteiger partial charge in [-0.05, 0) is 24.8 Å². The molecule has 108 valence electrons. The molecule has 0 saturated heterocycles. The first-order valence-corrected chi connectivity index (χ1v) is 7.71. The Morgan fingerprint density at radius 1 is 1.50 bits per heavy atom. The number of carboxylic acid groups (broad SMARTS) is 1. The van der Waals surface area contributed by atoms with Crippen LogP contribution in [0.4, 0.5) is 0 Å². The minimum Gasteiger partial charge on any atom is -0.481 e. The van der Waals surface area contributed by atoms with E-state index in [4.69, 9.17) is 5.11 Å². The molecule has 0 saturated carbocycles. The Morgan fingerprint density at radius 3 is 3.00 bits per heavy atom. The highest BCUT2D eigenvalue weighted by molar-refractivity contribution is 7.99. The van der Waals surface area contributed by atoms with E-state index in [9.17, 15) is 4.79 Å². The van der Waals surface area contributed by atoms with Gasteiger partial charge in [0.15, 0.2) is 5.16 Å². The van der Waals surface area contributed by atoms with Crippen molar-refractivity contribution >= 4 is 28.8 Å². The predicted octanol–water partition coefficient (Wildman–Crippen LogP) is 3.04. The van der Waals surface area contributed by atoms with Crippen LogP contribution in [0, 0.1) is 5.92 Å². The molecule has 0 spiro atoms. The number of imidazole rings is 1. The first-order valence-electron chi connectivity index (χ1n) is 6.72. The minimum atomic E-state index is -0.825. The van der Waals surface area contributed by atoms with Gasteiger partial charge in [-0.15, -0.1) is 0 Å². The summed E-state index contributed by atoms with van der Waals surface area (Å²) < 4.78 is 2.10. The van der Waals surface area contributed by atoms with E-state index < -0.39 is 5.97 Å². The number of thioether (sulfide) groups is 1. The molecule has 0 aromatic carbocycles. The molecular weight excluding hydrogens is 274 g/mol. The van der Waals surface area contributed by atoms with Gasteiger partial charge in [0.2, 0.25) is 0 Å². The second kappa shape index (κ2) is 6.74. The Morgan fingerprint density at radius 2 is 2.30 bits per heavy atom. The van der Waals surface area contributed by atoms with E-state index in [0.29, 0.717) is 5.92 Å². The number of hydrogen-bond donors (Lipinski definition) is 1. The van der Waals surface area contributed by atoms with Crippen LogP contribution in [-0.4, -0.2) is 31.4 Å². The van der Waals surface area contributed by atoms with Crippen molar-refractivity contribution in [3.8, 4) is 0 Å². The van der Waals surface area contributed by atoms with Crippen molar-refractivity contribution in [3.63, 3.8) is 0 Å². The predicted molar refractivity (Wildman–Crippen MR) is 80.0 cm³/mol. The molecule has 0 atom stereocenters. The van der Waals surface area contributed by atoms with Crippen LogP contribution in [0.2, 0.25) is 0 Å². The fraction of sp³-hybridized carbons (Fsp3) is 0.500. The lowest BCUT2D eigenvalue weighted by molar-refractivity contribution is -0.133. The number of aliphatic carboxylic acids is 1. The maximum absolute atomic E-state index is 10.7. The fourth-order valence-electron chi connectivity index (χ4n) is 2.07. The number of pyridine rings is 1. The van der Waals surface area contributed by atoms with E-state index in [-0.39, 0.29) is 5.75 Å². The average molecular weight is 293 g/mol. The van der Waals surface area contributed by atoms with Crippen molar-refractivity contribution in [1.29, 1.82) is 0 Å². The zero-order valence-corrected chi connectivity index (χ0v) is 12.6. The summed E-state index contributed by atoms with van der Waals surface area (Å²) in [6.45, 7) is 5.27. The van der Waals surface area contributed by atoms with E-state index in [2.05, 4.69) is 28.4 Å². The summed E-state index contributed by atoms with van der Waals surface area (Å²) >= 11 is 1.26. The number of carbonyl (C=O) groups is 1. The first kappa shape index (κ1) is 14.8. The second-order valence-corrected chi connectivity index (χ2v) is 6.07. The van der Waals surface area contributed by atoms with Gasteiger partial charge in [0.05, 0.1) is 17.5 Å². The number of aryl methyl sites for hydroxylation is 1. The van der Waals surface area contributed by atoms with Crippen molar-refractivity contribution < 1.29 is 9.90 Å². The molecule has 0 radical (unpaired) electrons. The molecule has 0 bridgehead atoms. The molecule has 2 aromatic rings. The molecule has 5 nitrogen and oxygen atoms in total. The van der Waals surface area contributed by atoms with Crippen LogP contribution in [0.5, 0.6) is 0 Å². The monoisotopic (exact) mass is 293 g/mol. The molecule has 1 N–H and O–H groups in total. The van der Waals surface area contributed by atoms with Crippen LogP contribution in [0.1, 0.15) is 26.7 Å². The zero-order valence-electron chi connectivity index (χ0n) is 11.7. The van der Waals surface area contributed by atoms with Crippen LogP contribution in [-0.2, 0) is 11.3 Å². The fourth-order valence-corrected chi connectivity index (χ4v) is 2.83. The van der Waals surface area contributed by atoms with Crippen LogP contribution in [0.3, 0.4) is 0 Å². The van der Waals surface area contributed by atoms with E-state index in [0.717, 1.165) is 35.6 Å². The molecule has 6 heteroatoms. The number of hydrogen-bond acceptors (Lipinski definition) is 4. The van der Waals surface area contributed by atoms with Crippen LogP contribution >= 0.6 is 11.8 Å². The van der Waals surface area contributed by atoms with E-state index >= 15 is 0 Å². The topological polar surface area (TPSA) is 68.0 Å². The van der Waals surface area contributed by atoms with Gasteiger partial charge in [0.1, 0.15) is 5.52 Å². The van der Waals surface area contributed by atoms with Gasteiger partial charge in [-0.3, -0.25) is 9.78 Å². The summed E-state index contributed by atoms with van der Waals surface area (Å²) in [5, 5.41) is 9.58. The van der Waals surface area contributed by atoms with Gasteiger partial charge in [0.25, 0.3) is 0 Å². The molecule has 0 aliphatic heterocycles. The normalized spacial score (nSPS) is 11.3. The summed E-state index contributed by atoms with van der Waals surface area (Å²) in [5.41, 5.74) is 1.85. The average Bonchev–Trinajstić information content (AvgIpc) is 2.74. The molecule has 2 aromatic heterocycles. The van der Waals surface area contributed by atoms with Gasteiger partial charge in [-0.1, -0.05) is 25.6 Å². The Kier molecular flexibility index (Phi) is 5.00. The maximum atomic E-state index is 10.7. The summed E-state index contributed by atoms with van der Waals surface area (Å²) in [7, 11) is 0. The Bertz CT molecular complexity index is 595. The lowest BCUT2D eigenvalue weighted by Crippen LogP contribution is -2.04. The van der Waals surface area contributed by atoms with Crippen LogP contribution in [0.15, 0.2) is 23.6 Å². The highest BCUT2D eigenvalue weighted by atomic mass is 32.2. The quantitative estimate of drug-likeness (QED) is 0.795. The Labute approximate surface area is 122 Å². The summed E-state index contributed by atoms with van der Waals surface area (Å²) in [6, 6.07) is 1.93. The zero-order chi connectivity index (χ0) is 14.5. The molecule has 0 aliphatic rings. The SMILES string of the molecule is CC(C)CCCn1c(SCC(=O)O)nc2cnccc21. The van der Waals surface area contributed by atoms with Crippen molar-refractivity contribution in [2.75, 3.05) is 5.75 Å². The largest absolute Gasteiger partial charge is 0.481 e. The van der Waals surface area contributed by atoms with Gasteiger partial charge in [-0.25, -0.2) is 4.98 Å². The highest BCUT2D eigenvalue weighted by Crippen LogP contribution is 2.24. The number of carboxylic acids is 1. The lowest BCUT2D eigenvalue weighted by Gasteiger charge is -2.09. The third-order valence-corrected chi connectivity index (χ3v) is 3.96. The van der Waals surface area contributed by atoms with Gasteiger partial charge < -0.3 is 9.67 Å². The number of fused-ring (bicyclic) bond motifs is 1. The van der Waals surface area contributed by atoms with E-state index in [1.807, 2.05) is 6.07 Å². The van der Waals surface area contributed by atoms with Crippen LogP contribution < -0.4 is 0 Å². The van der Waals surface area contributed by atoms with Crippen molar-refractivity contribution in [2.24, 2.45) is 5.92 Å². The van der Waals surface area contributed by atoms with Crippen LogP contribution in [0.25, 0.3) is 11.0 Å². The van der Waals surface area contributed by atoms with Gasteiger partial charge >= 0.3 is 5.97 Å². The molecular formula is C14H19N3O2S. The van der Waals surface area contributed by atoms with E-state index in [1.165, 1.54) is 11.8 Å². The second-order valence-electron chi connectivity index (χ2n) is 5.13. The Balaban J connectivity index is 2.22. The Hall–Kier alpha value is -1.56. The number of rotatable bonds is 7. The molecule has 2 heterocycles. The summed E-state index contributed by atoms with van der Waals surface area (Å²) in [6.07, 6.45) is 5.67. The molecule has 0 amide bonds. The molecule has 0 aliphatic carbocycles. The smallest absolute Gasteiger partial charge is 0.313 e.